The number of benzene rings is 2. The Kier molecular flexibility index (Phi) is 4.58. The van der Waals surface area contributed by atoms with E-state index >= 15 is 0 Å². The van der Waals surface area contributed by atoms with Crippen LogP contribution in [0.1, 0.15) is 0 Å². The lowest BCUT2D eigenvalue weighted by atomic mass is 10.2. The van der Waals surface area contributed by atoms with Gasteiger partial charge in [-0.15, -0.1) is 0 Å². The van der Waals surface area contributed by atoms with Gasteiger partial charge in [0.2, 0.25) is 10.0 Å². The highest BCUT2D eigenvalue weighted by molar-refractivity contribution is 7.89. The lowest BCUT2D eigenvalue weighted by Gasteiger charge is -2.26. The minimum absolute atomic E-state index is 0.00166. The van der Waals surface area contributed by atoms with Gasteiger partial charge in [-0.1, -0.05) is 23.7 Å². The van der Waals surface area contributed by atoms with Crippen LogP contribution < -0.4 is 24.2 Å². The maximum Gasteiger partial charge on any atom is 0.262 e. The molecule has 0 spiro atoms. The Morgan fingerprint density at radius 3 is 2.74 bits per heavy atom. The summed E-state index contributed by atoms with van der Waals surface area (Å²) in [6.45, 7) is 0.0302. The Bertz CT molecular complexity index is 1010. The van der Waals surface area contributed by atoms with E-state index in [1.54, 1.807) is 18.2 Å². The lowest BCUT2D eigenvalue weighted by molar-refractivity contribution is -0.118. The molecule has 1 unspecified atom stereocenters. The van der Waals surface area contributed by atoms with Crippen LogP contribution >= 0.6 is 11.6 Å². The summed E-state index contributed by atoms with van der Waals surface area (Å²) >= 11 is 6.10. The first-order valence-corrected chi connectivity index (χ1v) is 9.93. The zero-order valence-electron chi connectivity index (χ0n) is 13.9. The molecule has 142 valence electrons. The molecule has 8 nitrogen and oxygen atoms in total. The summed E-state index contributed by atoms with van der Waals surface area (Å²) in [6.07, 6.45) is -0.485. The summed E-state index contributed by atoms with van der Waals surface area (Å²) in [6, 6.07) is 9.80. The molecule has 1 amide bonds. The molecular weight excluding hydrogens is 396 g/mol. The third-order valence-corrected chi connectivity index (χ3v) is 5.91. The number of halogens is 1. The summed E-state index contributed by atoms with van der Waals surface area (Å²) in [5.41, 5.74) is 0.329. The summed E-state index contributed by atoms with van der Waals surface area (Å²) < 4.78 is 44.3. The van der Waals surface area contributed by atoms with Crippen molar-refractivity contribution in [1.82, 2.24) is 4.72 Å². The number of rotatable bonds is 4. The van der Waals surface area contributed by atoms with Crippen LogP contribution in [0.3, 0.4) is 0 Å². The van der Waals surface area contributed by atoms with Crippen LogP contribution in [-0.2, 0) is 14.8 Å². The van der Waals surface area contributed by atoms with Crippen molar-refractivity contribution in [3.63, 3.8) is 0 Å². The van der Waals surface area contributed by atoms with Gasteiger partial charge in [-0.2, -0.15) is 0 Å². The van der Waals surface area contributed by atoms with E-state index in [4.69, 9.17) is 25.8 Å². The monoisotopic (exact) mass is 410 g/mol. The van der Waals surface area contributed by atoms with Crippen molar-refractivity contribution in [3.8, 4) is 17.2 Å². The highest BCUT2D eigenvalue weighted by Crippen LogP contribution is 2.36. The van der Waals surface area contributed by atoms with Crippen LogP contribution in [0.4, 0.5) is 5.69 Å². The fourth-order valence-electron chi connectivity index (χ4n) is 2.73. The van der Waals surface area contributed by atoms with Gasteiger partial charge < -0.3 is 19.5 Å². The second-order valence-corrected chi connectivity index (χ2v) is 8.11. The van der Waals surface area contributed by atoms with Gasteiger partial charge in [-0.25, -0.2) is 13.1 Å². The molecule has 0 saturated carbocycles. The van der Waals surface area contributed by atoms with E-state index in [9.17, 15) is 13.2 Å². The van der Waals surface area contributed by atoms with Crippen molar-refractivity contribution < 1.29 is 27.4 Å². The van der Waals surface area contributed by atoms with Gasteiger partial charge in [-0.3, -0.25) is 4.79 Å². The van der Waals surface area contributed by atoms with Crippen LogP contribution in [0.5, 0.6) is 17.2 Å². The van der Waals surface area contributed by atoms with Crippen LogP contribution in [0, 0.1) is 0 Å². The molecule has 27 heavy (non-hydrogen) atoms. The minimum Gasteiger partial charge on any atom is -0.486 e. The van der Waals surface area contributed by atoms with Gasteiger partial charge in [-0.05, 0) is 18.2 Å². The Labute approximate surface area is 160 Å². The number of ether oxygens (including phenoxy) is 3. The van der Waals surface area contributed by atoms with Crippen LogP contribution in [0.2, 0.25) is 5.02 Å². The van der Waals surface area contributed by atoms with Crippen molar-refractivity contribution in [2.24, 2.45) is 0 Å². The zero-order valence-corrected chi connectivity index (χ0v) is 15.5. The molecule has 0 aromatic heterocycles. The number of para-hydroxylation sites is 2. The second-order valence-electron chi connectivity index (χ2n) is 5.97. The molecule has 0 radical (unpaired) electrons. The van der Waals surface area contributed by atoms with E-state index in [0.717, 1.165) is 0 Å². The molecule has 0 aliphatic carbocycles. The maximum atomic E-state index is 12.7. The van der Waals surface area contributed by atoms with Crippen molar-refractivity contribution >= 4 is 33.2 Å². The molecule has 10 heteroatoms. The molecule has 0 fully saturated rings. The number of sulfonamides is 1. The molecule has 1 atom stereocenters. The summed E-state index contributed by atoms with van der Waals surface area (Å²) in [4.78, 5) is 11.2. The van der Waals surface area contributed by atoms with Crippen LogP contribution in [-0.4, -0.2) is 40.2 Å². The topological polar surface area (TPSA) is 103 Å². The summed E-state index contributed by atoms with van der Waals surface area (Å²) in [5, 5.41) is 2.54. The molecule has 0 saturated heterocycles. The number of hydrogen-bond acceptors (Lipinski definition) is 6. The minimum atomic E-state index is -3.92. The van der Waals surface area contributed by atoms with E-state index in [2.05, 4.69) is 10.0 Å². The van der Waals surface area contributed by atoms with Gasteiger partial charge >= 0.3 is 0 Å². The van der Waals surface area contributed by atoms with E-state index in [1.165, 1.54) is 12.1 Å². The normalized spacial score (nSPS) is 18.3. The van der Waals surface area contributed by atoms with Crippen molar-refractivity contribution in [1.29, 1.82) is 0 Å². The van der Waals surface area contributed by atoms with Gasteiger partial charge in [0.15, 0.2) is 18.1 Å². The molecule has 2 aliphatic rings. The number of fused-ring (bicyclic) bond motifs is 2. The number of amides is 1. The average molecular weight is 411 g/mol. The largest absolute Gasteiger partial charge is 0.486 e. The SMILES string of the molecule is O=C1COc2cc(S(=O)(=O)NCC3COc4ccccc4O3)c(Cl)cc2N1. The number of hydrogen-bond donors (Lipinski definition) is 2. The highest BCUT2D eigenvalue weighted by Gasteiger charge is 2.27. The maximum absolute atomic E-state index is 12.7. The van der Waals surface area contributed by atoms with Gasteiger partial charge in [0.1, 0.15) is 23.4 Å². The van der Waals surface area contributed by atoms with Gasteiger partial charge in [0.25, 0.3) is 5.91 Å². The van der Waals surface area contributed by atoms with Crippen molar-refractivity contribution in [2.75, 3.05) is 25.1 Å². The van der Waals surface area contributed by atoms with E-state index < -0.39 is 16.1 Å². The Morgan fingerprint density at radius 2 is 1.93 bits per heavy atom. The first-order chi connectivity index (χ1) is 12.9. The Hall–Kier alpha value is -2.49. The number of nitrogens with one attached hydrogen (secondary N) is 2. The molecular formula is C17H15ClN2O6S. The quantitative estimate of drug-likeness (QED) is 0.796. The number of carbonyl (C=O) groups is 1. The molecule has 2 aromatic rings. The Balaban J connectivity index is 1.49. The highest BCUT2D eigenvalue weighted by atomic mass is 35.5. The molecule has 2 heterocycles. The third-order valence-electron chi connectivity index (χ3n) is 4.03. The predicted molar refractivity (Wildman–Crippen MR) is 97.1 cm³/mol. The van der Waals surface area contributed by atoms with E-state index in [0.29, 0.717) is 17.2 Å². The molecule has 2 N–H and O–H groups in total. The fourth-order valence-corrected chi connectivity index (χ4v) is 4.34. The lowest BCUT2D eigenvalue weighted by Crippen LogP contribution is -2.40. The Morgan fingerprint density at radius 1 is 1.15 bits per heavy atom. The summed E-state index contributed by atoms with van der Waals surface area (Å²) in [5.74, 6) is 1.09. The number of anilines is 1. The van der Waals surface area contributed by atoms with Crippen molar-refractivity contribution in [2.45, 2.75) is 11.0 Å². The smallest absolute Gasteiger partial charge is 0.262 e. The molecule has 2 aromatic carbocycles. The standard InChI is InChI=1S/C17H15ClN2O6S/c18-11-5-12-15(25-9-17(21)20-12)6-16(11)27(22,23)19-7-10-8-24-13-3-1-2-4-14(13)26-10/h1-6,10,19H,7-9H2,(H,20,21). The predicted octanol–water partition coefficient (Wildman–Crippen LogP) is 1.79. The van der Waals surface area contributed by atoms with Crippen molar-refractivity contribution in [3.05, 3.63) is 41.4 Å². The fraction of sp³-hybridized carbons (Fsp3) is 0.235. The van der Waals surface area contributed by atoms with Gasteiger partial charge in [0.05, 0.1) is 17.3 Å². The first-order valence-electron chi connectivity index (χ1n) is 8.07. The second kappa shape index (κ2) is 6.91. The van der Waals surface area contributed by atoms with Crippen LogP contribution in [0.25, 0.3) is 0 Å². The van der Waals surface area contributed by atoms with E-state index in [-0.39, 0.29) is 41.3 Å². The molecule has 4 rings (SSSR count). The number of carbonyl (C=O) groups excluding carboxylic acids is 1. The average Bonchev–Trinajstić information content (AvgIpc) is 2.65. The molecule has 0 bridgehead atoms. The molecule has 2 aliphatic heterocycles. The van der Waals surface area contributed by atoms with E-state index in [1.807, 2.05) is 6.07 Å². The van der Waals surface area contributed by atoms with Crippen LogP contribution in [0.15, 0.2) is 41.3 Å². The zero-order chi connectivity index (χ0) is 19.0. The van der Waals surface area contributed by atoms with Gasteiger partial charge in [0, 0.05) is 6.07 Å². The third kappa shape index (κ3) is 3.66. The summed E-state index contributed by atoms with van der Waals surface area (Å²) in [7, 11) is -3.92. The first kappa shape index (κ1) is 17.9.